The number of fused-ring (bicyclic) bond motifs is 4. The number of benzene rings is 2. The number of carbonyl (C=O) groups excluding carboxylic acids is 5. The van der Waals surface area contributed by atoms with Crippen LogP contribution in [0.2, 0.25) is 0 Å². The van der Waals surface area contributed by atoms with E-state index in [4.69, 9.17) is 4.98 Å². The van der Waals surface area contributed by atoms with Crippen LogP contribution in [0.25, 0.3) is 11.3 Å². The van der Waals surface area contributed by atoms with Crippen molar-refractivity contribution in [1.82, 2.24) is 34.2 Å². The van der Waals surface area contributed by atoms with E-state index in [-0.39, 0.29) is 64.7 Å². The third-order valence-electron chi connectivity index (χ3n) is 15.5. The van der Waals surface area contributed by atoms with E-state index in [0.29, 0.717) is 53.2 Å². The number of aromatic nitrogens is 4. The Bertz CT molecular complexity index is 3130. The summed E-state index contributed by atoms with van der Waals surface area (Å²) in [7, 11) is 1.66. The summed E-state index contributed by atoms with van der Waals surface area (Å²) in [6.07, 6.45) is 5.29. The number of piperazine rings is 1. The zero-order valence-electron chi connectivity index (χ0n) is 41.0. The van der Waals surface area contributed by atoms with Gasteiger partial charge in [-0.1, -0.05) is 34.6 Å². The van der Waals surface area contributed by atoms with Crippen molar-refractivity contribution in [2.75, 3.05) is 59.3 Å². The summed E-state index contributed by atoms with van der Waals surface area (Å²) < 4.78 is 3.61. The van der Waals surface area contributed by atoms with Crippen LogP contribution in [0.5, 0.6) is 0 Å². The molecule has 71 heavy (non-hydrogen) atoms. The molecule has 18 nitrogen and oxygen atoms in total. The average molecular weight is 962 g/mol. The van der Waals surface area contributed by atoms with Crippen molar-refractivity contribution >= 4 is 58.2 Å². The number of nitrogens with zero attached hydrogens (tertiary/aromatic N) is 9. The summed E-state index contributed by atoms with van der Waals surface area (Å²) in [5, 5.41) is 16.3. The largest absolute Gasteiger partial charge is 0.392 e. The van der Waals surface area contributed by atoms with Crippen molar-refractivity contribution in [2.24, 2.45) is 17.9 Å². The van der Waals surface area contributed by atoms with Gasteiger partial charge < -0.3 is 29.4 Å². The molecule has 5 aliphatic heterocycles. The van der Waals surface area contributed by atoms with Crippen molar-refractivity contribution in [3.05, 3.63) is 111 Å². The van der Waals surface area contributed by atoms with Gasteiger partial charge >= 0.3 is 0 Å². The minimum Gasteiger partial charge on any atom is -0.392 e. The SMILES string of the molecule is Cn1cc(-c2ccnc(N3CCn4c(cc5c4CC(C)(C)C5)C3=O)c2CO)nc(Nc2ccc(N3CCN(C4CN(c5ccc6c(c5)C(=O)N(C5CCC(=O)NC5=O)C6=O)C4)C[C@@H]3C(C)(C)C)cc2)c1=O. The van der Waals surface area contributed by atoms with E-state index >= 15 is 0 Å². The van der Waals surface area contributed by atoms with Crippen LogP contribution >= 0.6 is 0 Å². The number of hydrogen-bond acceptors (Lipinski definition) is 13. The summed E-state index contributed by atoms with van der Waals surface area (Å²) >= 11 is 0. The highest BCUT2D eigenvalue weighted by molar-refractivity contribution is 6.23. The summed E-state index contributed by atoms with van der Waals surface area (Å²) in [6.45, 7) is 16.0. The second-order valence-corrected chi connectivity index (χ2v) is 21.8. The number of aliphatic hydroxyl groups excluding tert-OH is 1. The molecular formula is C53H59N11O7. The van der Waals surface area contributed by atoms with E-state index in [2.05, 4.69) is 81.6 Å². The van der Waals surface area contributed by atoms with Crippen molar-refractivity contribution in [3.8, 4) is 11.3 Å². The van der Waals surface area contributed by atoms with Gasteiger partial charge in [0, 0.05) is 118 Å². The highest BCUT2D eigenvalue weighted by atomic mass is 16.3. The fourth-order valence-corrected chi connectivity index (χ4v) is 11.7. The molecule has 3 saturated heterocycles. The molecule has 11 rings (SSSR count). The highest BCUT2D eigenvalue weighted by Crippen LogP contribution is 2.41. The van der Waals surface area contributed by atoms with Gasteiger partial charge in [-0.25, -0.2) is 9.97 Å². The topological polar surface area (TPSA) is 199 Å². The van der Waals surface area contributed by atoms with Crippen LogP contribution in [0, 0.1) is 10.8 Å². The van der Waals surface area contributed by atoms with Gasteiger partial charge in [-0.15, -0.1) is 0 Å². The maximum absolute atomic E-state index is 14.0. The van der Waals surface area contributed by atoms with Crippen molar-refractivity contribution in [2.45, 2.75) is 91.6 Å². The number of anilines is 5. The number of rotatable bonds is 9. The molecule has 6 aliphatic rings. The minimum atomic E-state index is -1.00. The number of imide groups is 2. The predicted molar refractivity (Wildman–Crippen MR) is 267 cm³/mol. The molecule has 3 fully saturated rings. The highest BCUT2D eigenvalue weighted by Gasteiger charge is 2.46. The first-order valence-corrected chi connectivity index (χ1v) is 24.6. The smallest absolute Gasteiger partial charge is 0.293 e. The van der Waals surface area contributed by atoms with E-state index in [0.717, 1.165) is 61.8 Å². The van der Waals surface area contributed by atoms with Gasteiger partial charge in [-0.3, -0.25) is 48.8 Å². The second-order valence-electron chi connectivity index (χ2n) is 21.8. The molecule has 0 radical (unpaired) electrons. The van der Waals surface area contributed by atoms with Gasteiger partial charge in [0.25, 0.3) is 23.3 Å². The van der Waals surface area contributed by atoms with E-state index < -0.39 is 29.7 Å². The second kappa shape index (κ2) is 17.0. The molecule has 18 heteroatoms. The first-order chi connectivity index (χ1) is 33.9. The summed E-state index contributed by atoms with van der Waals surface area (Å²) in [6, 6.07) is 16.6. The Labute approximate surface area is 411 Å². The zero-order chi connectivity index (χ0) is 49.8. The summed E-state index contributed by atoms with van der Waals surface area (Å²) in [4.78, 5) is 97.9. The third kappa shape index (κ3) is 7.96. The van der Waals surface area contributed by atoms with Gasteiger partial charge in [0.05, 0.1) is 23.4 Å². The Balaban J connectivity index is 0.756. The number of piperidine rings is 1. The average Bonchev–Trinajstić information content (AvgIpc) is 3.90. The number of carbonyl (C=O) groups is 5. The number of nitrogens with one attached hydrogen (secondary N) is 2. The van der Waals surface area contributed by atoms with E-state index in [1.807, 2.05) is 24.3 Å². The van der Waals surface area contributed by atoms with Gasteiger partial charge in [0.2, 0.25) is 11.8 Å². The van der Waals surface area contributed by atoms with Gasteiger partial charge in [-0.05, 0) is 90.3 Å². The Morgan fingerprint density at radius 3 is 2.31 bits per heavy atom. The molecule has 0 spiro atoms. The first kappa shape index (κ1) is 46.2. The predicted octanol–water partition coefficient (Wildman–Crippen LogP) is 4.49. The molecule has 368 valence electrons. The number of pyridine rings is 1. The molecule has 3 aromatic heterocycles. The van der Waals surface area contributed by atoms with Crippen LogP contribution in [-0.2, 0) is 42.6 Å². The van der Waals surface area contributed by atoms with E-state index in [1.165, 1.54) is 15.8 Å². The number of aliphatic hydroxyl groups is 1. The van der Waals surface area contributed by atoms with Crippen molar-refractivity contribution < 1.29 is 29.1 Å². The Hall–Kier alpha value is -7.18. The van der Waals surface area contributed by atoms with E-state index in [1.54, 1.807) is 42.5 Å². The van der Waals surface area contributed by atoms with Crippen LogP contribution in [0.4, 0.5) is 28.7 Å². The quantitative estimate of drug-likeness (QED) is 0.175. The number of aryl methyl sites for hydroxylation is 1. The summed E-state index contributed by atoms with van der Waals surface area (Å²) in [5.74, 6) is -1.70. The van der Waals surface area contributed by atoms with Crippen LogP contribution in [-0.4, -0.2) is 121 Å². The van der Waals surface area contributed by atoms with Crippen LogP contribution < -0.4 is 30.9 Å². The van der Waals surface area contributed by atoms with Gasteiger partial charge in [0.1, 0.15) is 17.6 Å². The minimum absolute atomic E-state index is 0.0682. The van der Waals surface area contributed by atoms with Crippen LogP contribution in [0.1, 0.15) is 95.5 Å². The lowest BCUT2D eigenvalue weighted by atomic mass is 9.83. The standard InChI is InChI=1S/C53H59N11O7/c1-52(2,3)43-28-59(34-25-60(26-34)33-11-12-36-37(22-33)49(69)64(48(36)68)40-13-14-44(66)57-47(40)67)17-18-61(43)32-9-7-31(8-10-32)55-45-51(71)58(6)27-39(56-45)35-15-16-54-46(38(35)29-65)63-20-19-62-41(50(63)70)21-30-23-53(4,5)24-42(30)62/h7-12,15-16,21-22,27,34,40,43,65H,13-14,17-20,23-26,28-29H2,1-6H3,(H,55,56)(H,57,66,67)/t40?,43-/m1/s1. The fourth-order valence-electron chi connectivity index (χ4n) is 11.7. The fraction of sp³-hybridized carbons (Fsp3) is 0.434. The lowest BCUT2D eigenvalue weighted by molar-refractivity contribution is -0.136. The zero-order valence-corrected chi connectivity index (χ0v) is 41.0. The maximum atomic E-state index is 14.0. The number of hydrogen-bond donors (Lipinski definition) is 3. The Morgan fingerprint density at radius 1 is 0.831 bits per heavy atom. The summed E-state index contributed by atoms with van der Waals surface area (Å²) in [5.41, 5.74) is 7.50. The third-order valence-corrected chi connectivity index (χ3v) is 15.5. The first-order valence-electron chi connectivity index (χ1n) is 24.6. The molecule has 0 saturated carbocycles. The molecule has 5 aromatic rings. The Morgan fingerprint density at radius 2 is 1.58 bits per heavy atom. The molecule has 0 bridgehead atoms. The van der Waals surface area contributed by atoms with Crippen LogP contribution in [0.15, 0.2) is 71.8 Å². The van der Waals surface area contributed by atoms with Gasteiger partial charge in [-0.2, -0.15) is 0 Å². The molecule has 3 N–H and O–H groups in total. The maximum Gasteiger partial charge on any atom is 0.293 e. The van der Waals surface area contributed by atoms with Crippen LogP contribution in [0.3, 0.4) is 0 Å². The molecular weight excluding hydrogens is 903 g/mol. The van der Waals surface area contributed by atoms with E-state index in [9.17, 15) is 33.9 Å². The van der Waals surface area contributed by atoms with Crippen molar-refractivity contribution in [3.63, 3.8) is 0 Å². The lowest BCUT2D eigenvalue weighted by Crippen LogP contribution is -2.67. The Kier molecular flexibility index (Phi) is 11.1. The molecule has 8 heterocycles. The molecule has 2 aromatic carbocycles. The normalized spacial score (nSPS) is 21.4. The molecule has 2 atom stereocenters. The monoisotopic (exact) mass is 961 g/mol. The number of amides is 5. The molecule has 1 unspecified atom stereocenters. The molecule has 5 amide bonds. The molecule has 1 aliphatic carbocycles. The van der Waals surface area contributed by atoms with Gasteiger partial charge in [0.15, 0.2) is 5.82 Å². The lowest BCUT2D eigenvalue weighted by Gasteiger charge is -2.54. The van der Waals surface area contributed by atoms with Crippen molar-refractivity contribution in [1.29, 1.82) is 0 Å².